The molecule has 164 valence electrons. The summed E-state index contributed by atoms with van der Waals surface area (Å²) in [6, 6.07) is 6.77. The highest BCUT2D eigenvalue weighted by Crippen LogP contribution is 2.40. The summed E-state index contributed by atoms with van der Waals surface area (Å²) in [5, 5.41) is 1.52. The van der Waals surface area contributed by atoms with Gasteiger partial charge in [0, 0.05) is 41.5 Å². The Kier molecular flexibility index (Phi) is 5.52. The van der Waals surface area contributed by atoms with Crippen molar-refractivity contribution in [2.75, 3.05) is 24.5 Å². The van der Waals surface area contributed by atoms with E-state index in [-0.39, 0.29) is 17.3 Å². The molecule has 0 saturated carbocycles. The zero-order chi connectivity index (χ0) is 22.1. The van der Waals surface area contributed by atoms with E-state index in [2.05, 4.69) is 24.8 Å². The normalized spacial score (nSPS) is 20.4. The molecule has 1 aromatic carbocycles. The van der Waals surface area contributed by atoms with Gasteiger partial charge < -0.3 is 16.4 Å². The molecule has 0 aliphatic carbocycles. The highest BCUT2D eigenvalue weighted by Gasteiger charge is 2.45. The van der Waals surface area contributed by atoms with Crippen molar-refractivity contribution in [1.29, 1.82) is 0 Å². The van der Waals surface area contributed by atoms with Crippen LogP contribution in [-0.4, -0.2) is 46.3 Å². The molecule has 4 heterocycles. The lowest BCUT2D eigenvalue weighted by molar-refractivity contribution is 0.227. The molecule has 9 heteroatoms. The SMILES string of the molecule is N/C=C\C1=NCC2(CCN(c3cnc(Sc4ccnc5c(F)cccc45)cn3)CC2)C1N. The van der Waals surface area contributed by atoms with Crippen molar-refractivity contribution >= 4 is 34.2 Å². The smallest absolute Gasteiger partial charge is 0.149 e. The van der Waals surface area contributed by atoms with Gasteiger partial charge in [-0.3, -0.25) is 9.98 Å². The second-order valence-corrected chi connectivity index (χ2v) is 9.25. The third kappa shape index (κ3) is 3.71. The first-order chi connectivity index (χ1) is 15.6. The molecule has 1 unspecified atom stereocenters. The summed E-state index contributed by atoms with van der Waals surface area (Å²) in [6.07, 6.45) is 10.4. The third-order valence-corrected chi connectivity index (χ3v) is 7.41. The lowest BCUT2D eigenvalue weighted by Gasteiger charge is -2.41. The summed E-state index contributed by atoms with van der Waals surface area (Å²) in [4.78, 5) is 21.1. The highest BCUT2D eigenvalue weighted by atomic mass is 32.2. The Balaban J connectivity index is 1.26. The number of aromatic nitrogens is 3. The molecule has 0 radical (unpaired) electrons. The number of fused-ring (bicyclic) bond motifs is 1. The van der Waals surface area contributed by atoms with Crippen LogP contribution in [0.1, 0.15) is 12.8 Å². The van der Waals surface area contributed by atoms with E-state index in [9.17, 15) is 4.39 Å². The topological polar surface area (TPSA) is 106 Å². The fraction of sp³-hybridized carbons (Fsp3) is 0.304. The predicted molar refractivity (Wildman–Crippen MR) is 125 cm³/mol. The summed E-state index contributed by atoms with van der Waals surface area (Å²) in [5.74, 6) is 0.525. The van der Waals surface area contributed by atoms with Gasteiger partial charge in [-0.15, -0.1) is 0 Å². The average molecular weight is 450 g/mol. The Labute approximate surface area is 189 Å². The van der Waals surface area contributed by atoms with Gasteiger partial charge in [-0.25, -0.2) is 14.4 Å². The number of anilines is 1. The van der Waals surface area contributed by atoms with Crippen molar-refractivity contribution in [3.05, 3.63) is 60.9 Å². The second kappa shape index (κ2) is 8.48. The number of hydrogen-bond acceptors (Lipinski definition) is 8. The largest absolute Gasteiger partial charge is 0.405 e. The van der Waals surface area contributed by atoms with E-state index in [0.717, 1.165) is 59.3 Å². The number of hydrogen-bond donors (Lipinski definition) is 2. The van der Waals surface area contributed by atoms with Crippen LogP contribution in [0.5, 0.6) is 0 Å². The monoisotopic (exact) mass is 449 g/mol. The average Bonchev–Trinajstić information content (AvgIpc) is 3.11. The summed E-state index contributed by atoms with van der Waals surface area (Å²) >= 11 is 1.45. The first kappa shape index (κ1) is 20.8. The Morgan fingerprint density at radius 3 is 2.72 bits per heavy atom. The van der Waals surface area contributed by atoms with E-state index in [1.54, 1.807) is 24.7 Å². The molecular formula is C23H24FN7S. The van der Waals surface area contributed by atoms with Crippen molar-refractivity contribution in [3.63, 3.8) is 0 Å². The lowest BCUT2D eigenvalue weighted by atomic mass is 9.73. The van der Waals surface area contributed by atoms with Gasteiger partial charge in [0.25, 0.3) is 0 Å². The Morgan fingerprint density at radius 2 is 1.97 bits per heavy atom. The van der Waals surface area contributed by atoms with Crippen molar-refractivity contribution in [2.45, 2.75) is 28.8 Å². The van der Waals surface area contributed by atoms with Crippen LogP contribution in [0.3, 0.4) is 0 Å². The molecule has 0 bridgehead atoms. The van der Waals surface area contributed by atoms with Gasteiger partial charge in [-0.1, -0.05) is 23.9 Å². The molecule has 5 rings (SSSR count). The van der Waals surface area contributed by atoms with Crippen LogP contribution in [0.2, 0.25) is 0 Å². The third-order valence-electron chi connectivity index (χ3n) is 6.42. The molecule has 1 atom stereocenters. The van der Waals surface area contributed by atoms with Gasteiger partial charge in [0.15, 0.2) is 0 Å². The van der Waals surface area contributed by atoms with E-state index in [1.165, 1.54) is 24.0 Å². The number of para-hydroxylation sites is 1. The number of nitrogens with two attached hydrogens (primary N) is 2. The van der Waals surface area contributed by atoms with Gasteiger partial charge in [-0.2, -0.15) is 0 Å². The molecule has 2 aliphatic rings. The Bertz CT molecular complexity index is 1190. The number of halogens is 1. The highest BCUT2D eigenvalue weighted by molar-refractivity contribution is 7.99. The van der Waals surface area contributed by atoms with Crippen LogP contribution in [-0.2, 0) is 0 Å². The van der Waals surface area contributed by atoms with Crippen LogP contribution in [0, 0.1) is 11.2 Å². The van der Waals surface area contributed by atoms with Gasteiger partial charge >= 0.3 is 0 Å². The van der Waals surface area contributed by atoms with Gasteiger partial charge in [-0.05, 0) is 37.3 Å². The Hall–Kier alpha value is -3.04. The van der Waals surface area contributed by atoms with Gasteiger partial charge in [0.05, 0.1) is 24.1 Å². The van der Waals surface area contributed by atoms with Crippen LogP contribution in [0.4, 0.5) is 10.2 Å². The minimum Gasteiger partial charge on any atom is -0.405 e. The number of piperidine rings is 1. The molecule has 2 aromatic heterocycles. The minimum atomic E-state index is -0.326. The summed E-state index contributed by atoms with van der Waals surface area (Å²) in [7, 11) is 0. The number of rotatable bonds is 4. The maximum atomic E-state index is 14.0. The number of nitrogens with zero attached hydrogens (tertiary/aromatic N) is 5. The molecule has 2 aliphatic heterocycles. The molecule has 1 spiro atoms. The maximum Gasteiger partial charge on any atom is 0.149 e. The molecule has 4 N–H and O–H groups in total. The van der Waals surface area contributed by atoms with Gasteiger partial charge in [0.2, 0.25) is 0 Å². The quantitative estimate of drug-likeness (QED) is 0.630. The van der Waals surface area contributed by atoms with Crippen molar-refractivity contribution < 1.29 is 4.39 Å². The molecule has 0 amide bonds. The van der Waals surface area contributed by atoms with Crippen molar-refractivity contribution in [2.24, 2.45) is 21.9 Å². The summed E-state index contributed by atoms with van der Waals surface area (Å²) in [5.41, 5.74) is 13.3. The lowest BCUT2D eigenvalue weighted by Crippen LogP contribution is -2.51. The second-order valence-electron chi connectivity index (χ2n) is 8.19. The predicted octanol–water partition coefficient (Wildman–Crippen LogP) is 3.16. The van der Waals surface area contributed by atoms with E-state index >= 15 is 0 Å². The Morgan fingerprint density at radius 1 is 1.12 bits per heavy atom. The number of benzene rings is 1. The van der Waals surface area contributed by atoms with Gasteiger partial charge in [0.1, 0.15) is 22.2 Å². The zero-order valence-corrected chi connectivity index (χ0v) is 18.3. The van der Waals surface area contributed by atoms with Crippen molar-refractivity contribution in [3.8, 4) is 0 Å². The van der Waals surface area contributed by atoms with Crippen LogP contribution in [0.25, 0.3) is 10.9 Å². The first-order valence-corrected chi connectivity index (χ1v) is 11.4. The minimum absolute atomic E-state index is 0.00619. The maximum absolute atomic E-state index is 14.0. The molecular weight excluding hydrogens is 425 g/mol. The van der Waals surface area contributed by atoms with E-state index in [4.69, 9.17) is 11.5 Å². The molecule has 3 aromatic rings. The summed E-state index contributed by atoms with van der Waals surface area (Å²) < 4.78 is 14.0. The van der Waals surface area contributed by atoms with Crippen LogP contribution < -0.4 is 16.4 Å². The zero-order valence-electron chi connectivity index (χ0n) is 17.5. The van der Waals surface area contributed by atoms with E-state index in [1.807, 2.05) is 18.2 Å². The molecule has 32 heavy (non-hydrogen) atoms. The number of aliphatic imine (C=N–C) groups is 1. The number of pyridine rings is 1. The van der Waals surface area contributed by atoms with E-state index < -0.39 is 0 Å². The summed E-state index contributed by atoms with van der Waals surface area (Å²) in [6.45, 7) is 2.47. The van der Waals surface area contributed by atoms with Crippen molar-refractivity contribution in [1.82, 2.24) is 15.0 Å². The molecule has 1 fully saturated rings. The fourth-order valence-corrected chi connectivity index (χ4v) is 5.35. The fourth-order valence-electron chi connectivity index (χ4n) is 4.51. The molecule has 7 nitrogen and oxygen atoms in total. The first-order valence-electron chi connectivity index (χ1n) is 10.6. The van der Waals surface area contributed by atoms with Crippen LogP contribution >= 0.6 is 11.8 Å². The van der Waals surface area contributed by atoms with Crippen LogP contribution in [0.15, 0.2) is 70.0 Å². The standard InChI is InChI=1S/C23H24FN7S/c24-16-3-1-2-15-18(5-9-27-21(15)16)32-20-13-28-19(12-29-20)31-10-6-23(7-11-31)14-30-17(4-8-25)22(23)26/h1-5,8-9,12-13,22H,6-7,10-11,14,25-26H2/b8-4-. The molecule has 1 saturated heterocycles. The van der Waals surface area contributed by atoms with E-state index in [0.29, 0.717) is 5.52 Å².